The molecule has 0 aliphatic heterocycles. The number of aryl methyl sites for hydroxylation is 1. The zero-order chi connectivity index (χ0) is 19.4. The first-order valence-electron chi connectivity index (χ1n) is 8.48. The molecule has 8 heteroatoms. The lowest BCUT2D eigenvalue weighted by atomic mass is 10.1. The van der Waals surface area contributed by atoms with Crippen LogP contribution in [0.25, 0.3) is 11.0 Å². The smallest absolute Gasteiger partial charge is 0.375 e. The summed E-state index contributed by atoms with van der Waals surface area (Å²) in [5.41, 5.74) is 1.13. The number of methoxy groups -OCH3 is 1. The van der Waals surface area contributed by atoms with Crippen molar-refractivity contribution in [3.8, 4) is 0 Å². The van der Waals surface area contributed by atoms with Gasteiger partial charge in [-0.05, 0) is 19.4 Å². The van der Waals surface area contributed by atoms with Gasteiger partial charge in [-0.25, -0.2) is 4.79 Å². The van der Waals surface area contributed by atoms with Gasteiger partial charge in [0.15, 0.2) is 11.9 Å². The minimum absolute atomic E-state index is 0.0292. The number of nitrogens with zero attached hydrogens (tertiary/aromatic N) is 1. The average molecular weight is 372 g/mol. The highest BCUT2D eigenvalue weighted by atomic mass is 16.6. The number of amides is 1. The van der Waals surface area contributed by atoms with Crippen LogP contribution in [0.3, 0.4) is 0 Å². The van der Waals surface area contributed by atoms with Crippen molar-refractivity contribution >= 4 is 28.7 Å². The summed E-state index contributed by atoms with van der Waals surface area (Å²) in [6.45, 7) is 3.63. The number of carbonyl (C=O) groups excluding carboxylic acids is 2. The van der Waals surface area contributed by atoms with Crippen LogP contribution in [0, 0.1) is 6.92 Å². The molecule has 3 rings (SSSR count). The lowest BCUT2D eigenvalue weighted by molar-refractivity contribution is -0.124. The largest absolute Gasteiger partial charge is 0.449 e. The number of ether oxygens (including phenoxy) is 2. The summed E-state index contributed by atoms with van der Waals surface area (Å²) in [4.78, 5) is 25.0. The van der Waals surface area contributed by atoms with E-state index < -0.39 is 18.0 Å². The maximum Gasteiger partial charge on any atom is 0.375 e. The van der Waals surface area contributed by atoms with Gasteiger partial charge in [-0.3, -0.25) is 4.79 Å². The third kappa shape index (κ3) is 4.01. The third-order valence-electron chi connectivity index (χ3n) is 3.96. The predicted octanol–water partition coefficient (Wildman–Crippen LogP) is 3.45. The van der Waals surface area contributed by atoms with E-state index in [4.69, 9.17) is 18.4 Å². The van der Waals surface area contributed by atoms with Gasteiger partial charge in [-0.15, -0.1) is 0 Å². The summed E-state index contributed by atoms with van der Waals surface area (Å²) in [7, 11) is 1.53. The molecule has 2 aromatic heterocycles. The molecule has 1 atom stereocenters. The molecule has 1 amide bonds. The van der Waals surface area contributed by atoms with Crippen molar-refractivity contribution in [3.05, 3.63) is 47.4 Å². The van der Waals surface area contributed by atoms with E-state index in [0.29, 0.717) is 16.9 Å². The van der Waals surface area contributed by atoms with Crippen molar-refractivity contribution < 1.29 is 28.0 Å². The van der Waals surface area contributed by atoms with Crippen LogP contribution in [-0.4, -0.2) is 30.2 Å². The number of nitrogens with one attached hydrogen (secondary N) is 1. The first-order valence-corrected chi connectivity index (χ1v) is 8.48. The normalized spacial score (nSPS) is 12.1. The van der Waals surface area contributed by atoms with E-state index in [2.05, 4.69) is 10.5 Å². The number of benzene rings is 1. The molecule has 0 bridgehead atoms. The van der Waals surface area contributed by atoms with E-state index >= 15 is 0 Å². The molecule has 0 radical (unpaired) electrons. The second kappa shape index (κ2) is 8.05. The molecular formula is C19H20N2O6. The Morgan fingerprint density at radius 1 is 1.30 bits per heavy atom. The van der Waals surface area contributed by atoms with Crippen molar-refractivity contribution in [3.63, 3.8) is 0 Å². The van der Waals surface area contributed by atoms with E-state index in [9.17, 15) is 9.59 Å². The number of carbonyl (C=O) groups is 2. The second-order valence-corrected chi connectivity index (χ2v) is 5.95. The zero-order valence-electron chi connectivity index (χ0n) is 15.3. The maximum atomic E-state index is 12.7. The summed E-state index contributed by atoms with van der Waals surface area (Å²) in [5.74, 6) is -0.376. The minimum Gasteiger partial charge on any atom is -0.449 e. The quantitative estimate of drug-likeness (QED) is 0.633. The number of hydrogen-bond donors (Lipinski definition) is 1. The molecule has 0 spiro atoms. The van der Waals surface area contributed by atoms with Crippen molar-refractivity contribution in [1.82, 2.24) is 5.16 Å². The van der Waals surface area contributed by atoms with E-state index in [-0.39, 0.29) is 24.6 Å². The van der Waals surface area contributed by atoms with Crippen LogP contribution < -0.4 is 5.32 Å². The molecule has 1 aromatic carbocycles. The number of esters is 1. The van der Waals surface area contributed by atoms with Gasteiger partial charge in [-0.1, -0.05) is 30.3 Å². The summed E-state index contributed by atoms with van der Waals surface area (Å²) in [6.07, 6.45) is -0.716. The first kappa shape index (κ1) is 18.7. The average Bonchev–Trinajstić information content (AvgIpc) is 3.23. The number of aromatic nitrogens is 1. The van der Waals surface area contributed by atoms with Gasteiger partial charge >= 0.3 is 5.97 Å². The lowest BCUT2D eigenvalue weighted by Crippen LogP contribution is -2.32. The molecule has 3 aromatic rings. The number of anilines is 1. The maximum absolute atomic E-state index is 12.7. The molecule has 1 unspecified atom stereocenters. The summed E-state index contributed by atoms with van der Waals surface area (Å²) in [6, 6.07) is 8.81. The van der Waals surface area contributed by atoms with Crippen LogP contribution in [0.1, 0.15) is 35.2 Å². The van der Waals surface area contributed by atoms with Gasteiger partial charge in [0.05, 0.1) is 6.61 Å². The molecule has 1 N–H and O–H groups in total. The molecule has 0 aliphatic rings. The topological polar surface area (TPSA) is 104 Å². The summed E-state index contributed by atoms with van der Waals surface area (Å²) >= 11 is 0. The fourth-order valence-corrected chi connectivity index (χ4v) is 2.69. The van der Waals surface area contributed by atoms with Crippen LogP contribution >= 0.6 is 0 Å². The lowest BCUT2D eigenvalue weighted by Gasteiger charge is -2.14. The van der Waals surface area contributed by atoms with Gasteiger partial charge in [-0.2, -0.15) is 0 Å². The van der Waals surface area contributed by atoms with E-state index in [0.717, 1.165) is 5.39 Å². The fourth-order valence-electron chi connectivity index (χ4n) is 2.69. The Morgan fingerprint density at radius 3 is 2.74 bits per heavy atom. The third-order valence-corrected chi connectivity index (χ3v) is 3.96. The Bertz CT molecular complexity index is 958. The Labute approximate surface area is 155 Å². The highest BCUT2D eigenvalue weighted by Gasteiger charge is 2.27. The number of rotatable bonds is 7. The Kier molecular flexibility index (Phi) is 5.56. The number of para-hydroxylation sites is 1. The van der Waals surface area contributed by atoms with E-state index in [1.165, 1.54) is 7.11 Å². The van der Waals surface area contributed by atoms with Crippen molar-refractivity contribution in [2.75, 3.05) is 12.4 Å². The number of furan rings is 1. The highest BCUT2D eigenvalue weighted by Crippen LogP contribution is 2.27. The molecule has 0 aliphatic carbocycles. The summed E-state index contributed by atoms with van der Waals surface area (Å²) in [5, 5.41) is 7.02. The molecule has 142 valence electrons. The minimum atomic E-state index is -1.00. The molecule has 0 saturated carbocycles. The van der Waals surface area contributed by atoms with Gasteiger partial charge in [0.2, 0.25) is 5.76 Å². The molecule has 0 saturated heterocycles. The predicted molar refractivity (Wildman–Crippen MR) is 96.3 cm³/mol. The molecule has 2 heterocycles. The number of fused-ring (bicyclic) bond motifs is 1. The Hall–Kier alpha value is -3.13. The standard InChI is InChI=1S/C19H20N2O6/c1-4-14(18(22)20-16-9-11(2)27-21-16)26-19(23)17-13(10-24-3)12-7-5-6-8-15(12)25-17/h5-9,14H,4,10H2,1-3H3,(H,20,21,22). The highest BCUT2D eigenvalue weighted by molar-refractivity contribution is 5.99. The molecule has 27 heavy (non-hydrogen) atoms. The van der Waals surface area contributed by atoms with Gasteiger partial charge in [0.25, 0.3) is 5.91 Å². The Balaban J connectivity index is 1.79. The van der Waals surface area contributed by atoms with Crippen LogP contribution in [0.2, 0.25) is 0 Å². The molecule has 0 fully saturated rings. The van der Waals surface area contributed by atoms with Crippen molar-refractivity contribution in [2.45, 2.75) is 33.0 Å². The second-order valence-electron chi connectivity index (χ2n) is 5.95. The Morgan fingerprint density at radius 2 is 2.07 bits per heavy atom. The summed E-state index contributed by atoms with van der Waals surface area (Å²) < 4.78 is 21.1. The monoisotopic (exact) mass is 372 g/mol. The van der Waals surface area contributed by atoms with Crippen LogP contribution in [0.15, 0.2) is 39.3 Å². The van der Waals surface area contributed by atoms with Crippen LogP contribution in [0.5, 0.6) is 0 Å². The van der Waals surface area contributed by atoms with E-state index in [1.807, 2.05) is 12.1 Å². The van der Waals surface area contributed by atoms with Crippen molar-refractivity contribution in [1.29, 1.82) is 0 Å². The molecular weight excluding hydrogens is 352 g/mol. The fraction of sp³-hybridized carbons (Fsp3) is 0.316. The number of hydrogen-bond acceptors (Lipinski definition) is 7. The van der Waals surface area contributed by atoms with E-state index in [1.54, 1.807) is 32.0 Å². The SMILES string of the molecule is CCC(OC(=O)c1oc2ccccc2c1COC)C(=O)Nc1cc(C)on1. The van der Waals surface area contributed by atoms with Crippen LogP contribution in [0.4, 0.5) is 5.82 Å². The first-order chi connectivity index (χ1) is 13.0. The van der Waals surface area contributed by atoms with Gasteiger partial charge in [0.1, 0.15) is 11.3 Å². The van der Waals surface area contributed by atoms with Crippen LogP contribution in [-0.2, 0) is 20.9 Å². The molecule has 8 nitrogen and oxygen atoms in total. The van der Waals surface area contributed by atoms with Gasteiger partial charge < -0.3 is 23.7 Å². The van der Waals surface area contributed by atoms with Crippen molar-refractivity contribution in [2.24, 2.45) is 0 Å². The van der Waals surface area contributed by atoms with Gasteiger partial charge in [0, 0.05) is 24.1 Å². The zero-order valence-corrected chi connectivity index (χ0v) is 15.3.